The average Bonchev–Trinajstić information content (AvgIpc) is 2.30. The molecule has 60 valence electrons. The van der Waals surface area contributed by atoms with Crippen LogP contribution in [0, 0.1) is 6.92 Å². The summed E-state index contributed by atoms with van der Waals surface area (Å²) in [6.07, 6.45) is 0. The second kappa shape index (κ2) is 2.57. The van der Waals surface area contributed by atoms with Crippen LogP contribution < -0.4 is 11.1 Å². The molecule has 1 N–H and O–H groups in total. The van der Waals surface area contributed by atoms with Gasteiger partial charge in [-0.2, -0.15) is 4.57 Å². The summed E-state index contributed by atoms with van der Waals surface area (Å²) in [6.45, 7) is 1.50. The molecule has 0 unspecified atom stereocenters. The van der Waals surface area contributed by atoms with Gasteiger partial charge in [0.25, 0.3) is 0 Å². The minimum atomic E-state index is -0.776. The number of hydrogen-bond donors (Lipinski definition) is 1. The van der Waals surface area contributed by atoms with Crippen LogP contribution in [0.15, 0.2) is 9.32 Å². The lowest BCUT2D eigenvalue weighted by molar-refractivity contribution is 0.242. The van der Waals surface area contributed by atoms with Gasteiger partial charge in [-0.1, -0.05) is 5.16 Å². The largest absolute Gasteiger partial charge is 0.450 e. The average molecular weight is 157 g/mol. The summed E-state index contributed by atoms with van der Waals surface area (Å²) < 4.78 is 5.02. The normalized spacial score (nSPS) is 9.64. The molecule has 1 aromatic rings. The van der Waals surface area contributed by atoms with E-state index in [2.05, 4.69) is 15.0 Å². The molecule has 0 aliphatic heterocycles. The molecule has 0 fully saturated rings. The highest BCUT2D eigenvalue weighted by Crippen LogP contribution is 1.86. The van der Waals surface area contributed by atoms with Crippen molar-refractivity contribution in [3.8, 4) is 0 Å². The Morgan fingerprint density at radius 2 is 2.36 bits per heavy atom. The van der Waals surface area contributed by atoms with Gasteiger partial charge in [0.05, 0.1) is 0 Å². The number of rotatable bonds is 0. The van der Waals surface area contributed by atoms with Gasteiger partial charge in [0.15, 0.2) is 5.82 Å². The molecule has 0 atom stereocenters. The number of carbonyl (C=O) groups excluding carboxylic acids is 1. The van der Waals surface area contributed by atoms with E-state index in [1.54, 1.807) is 0 Å². The van der Waals surface area contributed by atoms with Crippen LogP contribution in [-0.2, 0) is 0 Å². The molecular weight excluding hydrogens is 150 g/mol. The second-order valence-corrected chi connectivity index (χ2v) is 1.89. The second-order valence-electron chi connectivity index (χ2n) is 1.89. The Hall–Kier alpha value is -1.59. The molecule has 0 aliphatic carbocycles. The minimum absolute atomic E-state index is 0.231. The summed E-state index contributed by atoms with van der Waals surface area (Å²) in [4.78, 5) is 21.6. The fraction of sp³-hybridized carbons (Fsp3) is 0.400. The highest BCUT2D eigenvalue weighted by Gasteiger charge is 2.11. The number of aryl methyl sites for hydroxylation is 1. The Labute approximate surface area is 61.8 Å². The summed E-state index contributed by atoms with van der Waals surface area (Å²) in [5, 5.41) is 5.57. The monoisotopic (exact) mass is 157 g/mol. The number of aromatic nitrogens is 2. The van der Waals surface area contributed by atoms with E-state index in [1.807, 2.05) is 0 Å². The molecule has 0 aromatic carbocycles. The van der Waals surface area contributed by atoms with Crippen LogP contribution in [0.4, 0.5) is 4.79 Å². The standard InChI is InChI=1S/C5H7N3O3/c1-3-7-11-5(10)8(3)4(9)6-2/h1-2H3,(H,6,9). The molecule has 0 spiro atoms. The molecular formula is C5H7N3O3. The third kappa shape index (κ3) is 1.14. The van der Waals surface area contributed by atoms with Gasteiger partial charge < -0.3 is 5.32 Å². The summed E-state index contributed by atoms with van der Waals surface area (Å²) in [6, 6.07) is -0.547. The maximum absolute atomic E-state index is 10.9. The zero-order valence-electron chi connectivity index (χ0n) is 6.12. The topological polar surface area (TPSA) is 77.1 Å². The molecule has 0 bridgehead atoms. The van der Waals surface area contributed by atoms with Gasteiger partial charge >= 0.3 is 11.8 Å². The third-order valence-electron chi connectivity index (χ3n) is 1.18. The lowest BCUT2D eigenvalue weighted by Gasteiger charge is -1.95. The first-order chi connectivity index (χ1) is 5.16. The van der Waals surface area contributed by atoms with Gasteiger partial charge in [-0.05, 0) is 6.92 Å². The van der Waals surface area contributed by atoms with E-state index in [1.165, 1.54) is 14.0 Å². The highest BCUT2D eigenvalue weighted by molar-refractivity contribution is 5.76. The molecule has 1 heterocycles. The van der Waals surface area contributed by atoms with E-state index >= 15 is 0 Å². The van der Waals surface area contributed by atoms with Crippen LogP contribution in [0.3, 0.4) is 0 Å². The number of hydrogen-bond acceptors (Lipinski definition) is 4. The van der Waals surface area contributed by atoms with Crippen molar-refractivity contribution in [3.63, 3.8) is 0 Å². The predicted molar refractivity (Wildman–Crippen MR) is 35.4 cm³/mol. The van der Waals surface area contributed by atoms with Gasteiger partial charge in [-0.15, -0.1) is 0 Å². The number of amides is 1. The molecule has 6 heteroatoms. The van der Waals surface area contributed by atoms with Crippen LogP contribution in [-0.4, -0.2) is 22.8 Å². The number of nitrogens with one attached hydrogen (secondary N) is 1. The van der Waals surface area contributed by atoms with Crippen molar-refractivity contribution >= 4 is 6.03 Å². The molecule has 1 rings (SSSR count). The van der Waals surface area contributed by atoms with Gasteiger partial charge in [0, 0.05) is 7.05 Å². The first kappa shape index (κ1) is 7.52. The Balaban J connectivity index is 3.21. The van der Waals surface area contributed by atoms with Crippen molar-refractivity contribution < 1.29 is 9.32 Å². The number of nitrogens with zero attached hydrogens (tertiary/aromatic N) is 2. The molecule has 1 amide bonds. The van der Waals surface area contributed by atoms with E-state index in [0.717, 1.165) is 4.57 Å². The molecule has 0 saturated carbocycles. The van der Waals surface area contributed by atoms with Crippen molar-refractivity contribution in [3.05, 3.63) is 16.4 Å². The van der Waals surface area contributed by atoms with E-state index in [4.69, 9.17) is 0 Å². The summed E-state index contributed by atoms with van der Waals surface area (Å²) in [5.74, 6) is -0.545. The molecule has 1 aromatic heterocycles. The first-order valence-corrected chi connectivity index (χ1v) is 2.94. The van der Waals surface area contributed by atoms with E-state index in [9.17, 15) is 9.59 Å². The van der Waals surface area contributed by atoms with E-state index in [-0.39, 0.29) is 5.82 Å². The Kier molecular flexibility index (Phi) is 1.75. The molecule has 0 radical (unpaired) electrons. The fourth-order valence-electron chi connectivity index (χ4n) is 0.661. The maximum Gasteiger partial charge on any atom is 0.450 e. The zero-order valence-corrected chi connectivity index (χ0v) is 6.12. The van der Waals surface area contributed by atoms with Gasteiger partial charge in [-0.25, -0.2) is 9.59 Å². The number of carbonyl (C=O) groups is 1. The van der Waals surface area contributed by atoms with Crippen LogP contribution in [0.25, 0.3) is 0 Å². The Morgan fingerprint density at radius 1 is 1.73 bits per heavy atom. The van der Waals surface area contributed by atoms with Crippen molar-refractivity contribution in [2.45, 2.75) is 6.92 Å². The SMILES string of the molecule is CNC(=O)n1c(C)noc1=O. The Bertz CT molecular complexity index is 324. The van der Waals surface area contributed by atoms with Crippen LogP contribution in [0.1, 0.15) is 5.82 Å². The molecule has 0 aliphatic rings. The summed E-state index contributed by atoms with van der Waals surface area (Å²) >= 11 is 0. The van der Waals surface area contributed by atoms with Gasteiger partial charge in [-0.3, -0.25) is 4.52 Å². The third-order valence-corrected chi connectivity index (χ3v) is 1.18. The summed E-state index contributed by atoms with van der Waals surface area (Å²) in [7, 11) is 1.42. The van der Waals surface area contributed by atoms with Gasteiger partial charge in [0.2, 0.25) is 0 Å². The first-order valence-electron chi connectivity index (χ1n) is 2.94. The van der Waals surface area contributed by atoms with Crippen LogP contribution >= 0.6 is 0 Å². The predicted octanol–water partition coefficient (Wildman–Crippen LogP) is -0.668. The fourth-order valence-corrected chi connectivity index (χ4v) is 0.661. The molecule has 11 heavy (non-hydrogen) atoms. The van der Waals surface area contributed by atoms with Gasteiger partial charge in [0.1, 0.15) is 0 Å². The zero-order chi connectivity index (χ0) is 8.43. The maximum atomic E-state index is 10.9. The highest BCUT2D eigenvalue weighted by atomic mass is 16.5. The van der Waals surface area contributed by atoms with Crippen molar-refractivity contribution in [1.82, 2.24) is 15.0 Å². The van der Waals surface area contributed by atoms with Crippen LogP contribution in [0.2, 0.25) is 0 Å². The quantitative estimate of drug-likeness (QED) is 0.542. The smallest absolute Gasteiger partial charge is 0.340 e. The van der Waals surface area contributed by atoms with E-state index < -0.39 is 11.8 Å². The molecule has 0 saturated heterocycles. The summed E-state index contributed by atoms with van der Waals surface area (Å²) in [5.41, 5.74) is 0. The lowest BCUT2D eigenvalue weighted by atomic mass is 10.7. The molecule has 6 nitrogen and oxygen atoms in total. The van der Waals surface area contributed by atoms with Crippen LogP contribution in [0.5, 0.6) is 0 Å². The van der Waals surface area contributed by atoms with Crippen molar-refractivity contribution in [2.24, 2.45) is 0 Å². The lowest BCUT2D eigenvalue weighted by Crippen LogP contribution is -2.32. The van der Waals surface area contributed by atoms with Crippen molar-refractivity contribution in [1.29, 1.82) is 0 Å². The Morgan fingerprint density at radius 3 is 2.73 bits per heavy atom. The van der Waals surface area contributed by atoms with E-state index in [0.29, 0.717) is 0 Å². The van der Waals surface area contributed by atoms with Crippen molar-refractivity contribution in [2.75, 3.05) is 7.05 Å². The minimum Gasteiger partial charge on any atom is -0.340 e.